The Bertz CT molecular complexity index is 1070. The summed E-state index contributed by atoms with van der Waals surface area (Å²) in [6.45, 7) is 0. The maximum Gasteiger partial charge on any atom is 0.101 e. The molecule has 2 nitrogen and oxygen atoms in total. The molecule has 0 fully saturated rings. The van der Waals surface area contributed by atoms with E-state index < -0.39 is 0 Å². The predicted molar refractivity (Wildman–Crippen MR) is 103 cm³/mol. The minimum Gasteiger partial charge on any atom is -0.247 e. The number of fused-ring (bicyclic) bond motifs is 1. The Morgan fingerprint density at radius 3 is 2.71 bits per heavy atom. The summed E-state index contributed by atoms with van der Waals surface area (Å²) in [5.74, 6) is 0. The molecule has 1 aromatic carbocycles. The molecule has 0 radical (unpaired) electrons. The maximum absolute atomic E-state index is 9.55. The van der Waals surface area contributed by atoms with E-state index in [1.807, 2.05) is 42.5 Å². The fourth-order valence-electron chi connectivity index (χ4n) is 2.50. The van der Waals surface area contributed by atoms with Gasteiger partial charge in [0.2, 0.25) is 0 Å². The number of hydrogen-bond donors (Lipinski definition) is 0. The molecule has 0 aliphatic carbocycles. The highest BCUT2D eigenvalue weighted by Gasteiger charge is 2.07. The van der Waals surface area contributed by atoms with Gasteiger partial charge in [0.25, 0.3) is 0 Å². The van der Waals surface area contributed by atoms with E-state index in [1.165, 1.54) is 9.75 Å². The molecule has 0 saturated carbocycles. The Morgan fingerprint density at radius 1 is 0.958 bits per heavy atom. The van der Waals surface area contributed by atoms with Gasteiger partial charge in [-0.1, -0.05) is 30.3 Å². The van der Waals surface area contributed by atoms with Crippen LogP contribution in [0.1, 0.15) is 10.6 Å². The van der Waals surface area contributed by atoms with Gasteiger partial charge in [-0.2, -0.15) is 5.26 Å². The average molecular weight is 344 g/mol. The van der Waals surface area contributed by atoms with Gasteiger partial charge in [-0.25, -0.2) is 4.98 Å². The third kappa shape index (κ3) is 2.88. The lowest BCUT2D eigenvalue weighted by Crippen LogP contribution is -1.88. The van der Waals surface area contributed by atoms with Crippen molar-refractivity contribution in [3.05, 3.63) is 76.6 Å². The summed E-state index contributed by atoms with van der Waals surface area (Å²) < 4.78 is 0. The zero-order valence-electron chi connectivity index (χ0n) is 12.6. The van der Waals surface area contributed by atoms with Gasteiger partial charge >= 0.3 is 0 Å². The molecule has 0 aliphatic rings. The van der Waals surface area contributed by atoms with Gasteiger partial charge in [0.15, 0.2) is 0 Å². The Morgan fingerprint density at radius 2 is 1.88 bits per heavy atom. The Kier molecular flexibility index (Phi) is 3.96. The van der Waals surface area contributed by atoms with Gasteiger partial charge in [-0.15, -0.1) is 22.7 Å². The predicted octanol–water partition coefficient (Wildman–Crippen LogP) is 6.09. The van der Waals surface area contributed by atoms with Crippen LogP contribution in [0.25, 0.3) is 32.3 Å². The number of nitrogens with zero attached hydrogens (tertiary/aromatic N) is 2. The first-order valence-electron chi connectivity index (χ1n) is 7.45. The summed E-state index contributed by atoms with van der Waals surface area (Å²) in [4.78, 5) is 8.15. The normalized spacial score (nSPS) is 11.5. The lowest BCUT2D eigenvalue weighted by molar-refractivity contribution is 1.35. The van der Waals surface area contributed by atoms with Gasteiger partial charge in [-0.05, 0) is 41.8 Å². The number of pyridine rings is 1. The Hall–Kier alpha value is -2.74. The van der Waals surface area contributed by atoms with Crippen LogP contribution in [-0.2, 0) is 0 Å². The summed E-state index contributed by atoms with van der Waals surface area (Å²) in [6.07, 6.45) is 1.92. The molecule has 0 bridgehead atoms. The smallest absolute Gasteiger partial charge is 0.101 e. The largest absolute Gasteiger partial charge is 0.247 e. The Labute approximate surface area is 148 Å². The monoisotopic (exact) mass is 344 g/mol. The fourth-order valence-corrected chi connectivity index (χ4v) is 4.29. The molecule has 3 heterocycles. The van der Waals surface area contributed by atoms with Crippen LogP contribution >= 0.6 is 22.7 Å². The van der Waals surface area contributed by atoms with Crippen molar-refractivity contribution < 1.29 is 0 Å². The second kappa shape index (κ2) is 6.40. The summed E-state index contributed by atoms with van der Waals surface area (Å²) >= 11 is 3.41. The number of rotatable bonds is 3. The molecule has 0 saturated heterocycles. The van der Waals surface area contributed by atoms with E-state index >= 15 is 0 Å². The third-order valence-electron chi connectivity index (χ3n) is 3.67. The molecule has 0 unspecified atom stereocenters. The van der Waals surface area contributed by atoms with Crippen LogP contribution in [-0.4, -0.2) is 4.98 Å². The van der Waals surface area contributed by atoms with E-state index in [1.54, 1.807) is 22.7 Å². The quantitative estimate of drug-likeness (QED) is 0.422. The second-order valence-corrected chi connectivity index (χ2v) is 7.30. The van der Waals surface area contributed by atoms with Crippen molar-refractivity contribution in [3.8, 4) is 15.8 Å². The number of para-hydroxylation sites is 1. The number of aromatic nitrogens is 1. The SMILES string of the molecule is N#CC(=Cc1ccc(-c2cccs2)s1)c1ccc2ccccc2n1. The molecule has 4 aromatic rings. The summed E-state index contributed by atoms with van der Waals surface area (Å²) in [5, 5.41) is 12.7. The molecule has 4 rings (SSSR count). The number of benzene rings is 1. The lowest BCUT2D eigenvalue weighted by Gasteiger charge is -2.01. The highest BCUT2D eigenvalue weighted by Crippen LogP contribution is 2.33. The van der Waals surface area contributed by atoms with Crippen LogP contribution in [0.5, 0.6) is 0 Å². The summed E-state index contributed by atoms with van der Waals surface area (Å²) in [7, 11) is 0. The van der Waals surface area contributed by atoms with Crippen LogP contribution in [0, 0.1) is 11.3 Å². The molecule has 3 aromatic heterocycles. The minimum atomic E-state index is 0.584. The number of allylic oxidation sites excluding steroid dienone is 1. The number of thiophene rings is 2. The van der Waals surface area contributed by atoms with Gasteiger partial charge in [0.05, 0.1) is 16.8 Å². The molecule has 0 aliphatic heterocycles. The van der Waals surface area contributed by atoms with Crippen molar-refractivity contribution in [2.45, 2.75) is 0 Å². The first-order chi connectivity index (χ1) is 11.8. The van der Waals surface area contributed by atoms with Crippen LogP contribution in [0.15, 0.2) is 66.0 Å². The topological polar surface area (TPSA) is 36.7 Å². The van der Waals surface area contributed by atoms with Crippen LogP contribution in [0.2, 0.25) is 0 Å². The summed E-state index contributed by atoms with van der Waals surface area (Å²) in [6, 6.07) is 22.5. The molecular weight excluding hydrogens is 332 g/mol. The van der Waals surface area contributed by atoms with E-state index in [4.69, 9.17) is 0 Å². The van der Waals surface area contributed by atoms with E-state index in [-0.39, 0.29) is 0 Å². The first kappa shape index (κ1) is 14.8. The molecule has 114 valence electrons. The van der Waals surface area contributed by atoms with Crippen molar-refractivity contribution in [1.29, 1.82) is 5.26 Å². The highest BCUT2D eigenvalue weighted by molar-refractivity contribution is 7.21. The highest BCUT2D eigenvalue weighted by atomic mass is 32.1. The molecular formula is C20H12N2S2. The molecule has 0 N–H and O–H groups in total. The van der Waals surface area contributed by atoms with E-state index in [0.29, 0.717) is 11.3 Å². The zero-order valence-corrected chi connectivity index (χ0v) is 14.3. The first-order valence-corrected chi connectivity index (χ1v) is 9.15. The van der Waals surface area contributed by atoms with Crippen molar-refractivity contribution in [1.82, 2.24) is 4.98 Å². The van der Waals surface area contributed by atoms with Gasteiger partial charge in [0, 0.05) is 20.0 Å². The number of hydrogen-bond acceptors (Lipinski definition) is 4. The standard InChI is InChI=1S/C20H12N2S2/c21-13-15(18-9-7-14-4-1-2-5-17(14)22-18)12-16-8-10-20(24-16)19-6-3-11-23-19/h1-12H. The third-order valence-corrected chi connectivity index (χ3v) is 5.77. The molecule has 0 amide bonds. The van der Waals surface area contributed by atoms with Crippen molar-refractivity contribution >= 4 is 45.2 Å². The molecule has 0 spiro atoms. The van der Waals surface area contributed by atoms with Gasteiger partial charge < -0.3 is 0 Å². The number of nitriles is 1. The van der Waals surface area contributed by atoms with Gasteiger partial charge in [-0.3, -0.25) is 0 Å². The Balaban J connectivity index is 1.72. The fraction of sp³-hybridized carbons (Fsp3) is 0. The van der Waals surface area contributed by atoms with Crippen LogP contribution in [0.3, 0.4) is 0 Å². The van der Waals surface area contributed by atoms with Crippen molar-refractivity contribution in [2.75, 3.05) is 0 Å². The second-order valence-electron chi connectivity index (χ2n) is 5.24. The van der Waals surface area contributed by atoms with E-state index in [9.17, 15) is 5.26 Å². The average Bonchev–Trinajstić information content (AvgIpc) is 3.30. The van der Waals surface area contributed by atoms with Gasteiger partial charge in [0.1, 0.15) is 6.07 Å². The minimum absolute atomic E-state index is 0.584. The lowest BCUT2D eigenvalue weighted by atomic mass is 10.1. The maximum atomic E-state index is 9.55. The van der Waals surface area contributed by atoms with E-state index in [0.717, 1.165) is 15.8 Å². The molecule has 0 atom stereocenters. The molecule has 24 heavy (non-hydrogen) atoms. The van der Waals surface area contributed by atoms with E-state index in [2.05, 4.69) is 40.7 Å². The zero-order chi connectivity index (χ0) is 16.4. The van der Waals surface area contributed by atoms with Crippen LogP contribution < -0.4 is 0 Å². The van der Waals surface area contributed by atoms with Crippen molar-refractivity contribution in [3.63, 3.8) is 0 Å². The van der Waals surface area contributed by atoms with Crippen molar-refractivity contribution in [2.24, 2.45) is 0 Å². The van der Waals surface area contributed by atoms with Crippen LogP contribution in [0.4, 0.5) is 0 Å². The molecule has 4 heteroatoms. The summed E-state index contributed by atoms with van der Waals surface area (Å²) in [5.41, 5.74) is 2.20.